The first-order chi connectivity index (χ1) is 6.20. The fourth-order valence-corrected chi connectivity index (χ4v) is 2.92. The quantitative estimate of drug-likeness (QED) is 0.820. The minimum atomic E-state index is 0.391. The Kier molecular flexibility index (Phi) is 2.30. The second-order valence-electron chi connectivity index (χ2n) is 2.92. The summed E-state index contributed by atoms with van der Waals surface area (Å²) in [5, 5.41) is 10.9. The van der Waals surface area contributed by atoms with Gasteiger partial charge in [0.25, 0.3) is 0 Å². The van der Waals surface area contributed by atoms with Crippen LogP contribution in [-0.4, -0.2) is 5.11 Å². The van der Waals surface area contributed by atoms with E-state index in [0.29, 0.717) is 5.06 Å². The molecule has 0 amide bonds. The van der Waals surface area contributed by atoms with Gasteiger partial charge < -0.3 is 5.11 Å². The first-order valence-electron chi connectivity index (χ1n) is 4.11. The summed E-state index contributed by atoms with van der Waals surface area (Å²) in [6.45, 7) is 2.12. The van der Waals surface area contributed by atoms with Gasteiger partial charge in [-0.05, 0) is 35.6 Å². The third kappa shape index (κ3) is 1.58. The van der Waals surface area contributed by atoms with E-state index in [0.717, 1.165) is 16.3 Å². The first-order valence-corrected chi connectivity index (χ1v) is 5.72. The maximum Gasteiger partial charge on any atom is 0.172 e. The van der Waals surface area contributed by atoms with Gasteiger partial charge in [0.05, 0.1) is 0 Å². The number of aryl methyl sites for hydroxylation is 1. The molecule has 1 aromatic carbocycles. The fraction of sp³-hybridized carbons (Fsp3) is 0.200. The molecule has 0 saturated carbocycles. The molecule has 3 heteroatoms. The minimum Gasteiger partial charge on any atom is -0.499 e. The number of aromatic hydroxyl groups is 1. The summed E-state index contributed by atoms with van der Waals surface area (Å²) >= 11 is 4.90. The van der Waals surface area contributed by atoms with Gasteiger partial charge >= 0.3 is 0 Å². The smallest absolute Gasteiger partial charge is 0.172 e. The van der Waals surface area contributed by atoms with Gasteiger partial charge in [0.15, 0.2) is 5.06 Å². The second kappa shape index (κ2) is 3.31. The van der Waals surface area contributed by atoms with E-state index >= 15 is 0 Å². The van der Waals surface area contributed by atoms with Gasteiger partial charge in [-0.25, -0.2) is 0 Å². The highest BCUT2D eigenvalue weighted by Gasteiger charge is 2.05. The molecule has 0 atom stereocenters. The van der Waals surface area contributed by atoms with Gasteiger partial charge in [-0.1, -0.05) is 34.2 Å². The van der Waals surface area contributed by atoms with Gasteiger partial charge in [0, 0.05) is 9.17 Å². The zero-order valence-electron chi connectivity index (χ0n) is 7.17. The molecule has 0 bridgehead atoms. The third-order valence-corrected chi connectivity index (χ3v) is 3.51. The van der Waals surface area contributed by atoms with Crippen molar-refractivity contribution < 1.29 is 5.11 Å². The van der Waals surface area contributed by atoms with Crippen LogP contribution in [0.5, 0.6) is 5.06 Å². The molecule has 1 aromatic heterocycles. The van der Waals surface area contributed by atoms with Crippen molar-refractivity contribution in [2.45, 2.75) is 13.3 Å². The first kappa shape index (κ1) is 9.03. The lowest BCUT2D eigenvalue weighted by molar-refractivity contribution is 0.491. The van der Waals surface area contributed by atoms with Crippen LogP contribution in [0.25, 0.3) is 10.1 Å². The Morgan fingerprint density at radius 3 is 2.85 bits per heavy atom. The topological polar surface area (TPSA) is 20.2 Å². The molecule has 13 heavy (non-hydrogen) atoms. The van der Waals surface area contributed by atoms with Crippen LogP contribution in [0.3, 0.4) is 0 Å². The molecule has 0 radical (unpaired) electrons. The number of fused-ring (bicyclic) bond motifs is 1. The van der Waals surface area contributed by atoms with E-state index in [1.54, 1.807) is 0 Å². The molecular weight excluding hydrogens is 248 g/mol. The van der Waals surface area contributed by atoms with Crippen molar-refractivity contribution in [3.63, 3.8) is 0 Å². The average Bonchev–Trinajstić information content (AvgIpc) is 2.43. The number of thiophene rings is 1. The number of hydrogen-bond acceptors (Lipinski definition) is 2. The molecule has 68 valence electrons. The van der Waals surface area contributed by atoms with Crippen LogP contribution in [0.4, 0.5) is 0 Å². The Morgan fingerprint density at radius 2 is 2.15 bits per heavy atom. The highest BCUT2D eigenvalue weighted by atomic mass is 79.9. The lowest BCUT2D eigenvalue weighted by Gasteiger charge is -1.99. The number of hydrogen-bond donors (Lipinski definition) is 1. The maximum atomic E-state index is 9.37. The minimum absolute atomic E-state index is 0.391. The summed E-state index contributed by atoms with van der Waals surface area (Å²) in [5.41, 5.74) is 1.29. The van der Waals surface area contributed by atoms with Gasteiger partial charge in [-0.2, -0.15) is 0 Å². The Morgan fingerprint density at radius 1 is 1.38 bits per heavy atom. The van der Waals surface area contributed by atoms with E-state index in [2.05, 4.69) is 28.9 Å². The molecular formula is C10H9BrOS. The SMILES string of the molecule is CCc1cc(Br)cc2cc(O)sc12. The summed E-state index contributed by atoms with van der Waals surface area (Å²) in [6, 6.07) is 5.95. The van der Waals surface area contributed by atoms with Gasteiger partial charge in [-0.15, -0.1) is 0 Å². The van der Waals surface area contributed by atoms with Crippen molar-refractivity contribution in [3.05, 3.63) is 28.2 Å². The molecule has 0 saturated heterocycles. The summed E-state index contributed by atoms with van der Waals surface area (Å²) in [5.74, 6) is 0. The van der Waals surface area contributed by atoms with Crippen molar-refractivity contribution in [3.8, 4) is 5.06 Å². The van der Waals surface area contributed by atoms with E-state index in [1.165, 1.54) is 21.6 Å². The van der Waals surface area contributed by atoms with E-state index in [-0.39, 0.29) is 0 Å². The van der Waals surface area contributed by atoms with Gasteiger partial charge in [0.1, 0.15) is 0 Å². The Hall–Kier alpha value is -0.540. The van der Waals surface area contributed by atoms with Crippen molar-refractivity contribution in [2.75, 3.05) is 0 Å². The number of rotatable bonds is 1. The standard InChI is InChI=1S/C10H9BrOS/c1-2-6-3-8(11)4-7-5-9(12)13-10(6)7/h3-5,12H,2H2,1H3. The largest absolute Gasteiger partial charge is 0.499 e. The molecule has 0 aliphatic heterocycles. The Labute approximate surface area is 89.1 Å². The van der Waals surface area contributed by atoms with E-state index in [1.807, 2.05) is 12.1 Å². The summed E-state index contributed by atoms with van der Waals surface area (Å²) in [7, 11) is 0. The monoisotopic (exact) mass is 256 g/mol. The highest BCUT2D eigenvalue weighted by Crippen LogP contribution is 2.35. The predicted octanol–water partition coefficient (Wildman–Crippen LogP) is 3.93. The van der Waals surface area contributed by atoms with Crippen LogP contribution in [0, 0.1) is 0 Å². The maximum absolute atomic E-state index is 9.37. The van der Waals surface area contributed by atoms with Crippen LogP contribution in [0.1, 0.15) is 12.5 Å². The summed E-state index contributed by atoms with van der Waals surface area (Å²) in [6.07, 6.45) is 0.996. The van der Waals surface area contributed by atoms with Crippen LogP contribution in [0.15, 0.2) is 22.7 Å². The van der Waals surface area contributed by atoms with Gasteiger partial charge in [0.2, 0.25) is 0 Å². The van der Waals surface area contributed by atoms with Crippen LogP contribution in [0.2, 0.25) is 0 Å². The van der Waals surface area contributed by atoms with Crippen molar-refractivity contribution in [2.24, 2.45) is 0 Å². The summed E-state index contributed by atoms with van der Waals surface area (Å²) < 4.78 is 2.28. The van der Waals surface area contributed by atoms with Gasteiger partial charge in [-0.3, -0.25) is 0 Å². The third-order valence-electron chi connectivity index (χ3n) is 2.03. The zero-order chi connectivity index (χ0) is 9.42. The fourth-order valence-electron chi connectivity index (χ4n) is 1.43. The van der Waals surface area contributed by atoms with E-state index < -0.39 is 0 Å². The molecule has 0 spiro atoms. The van der Waals surface area contributed by atoms with Crippen molar-refractivity contribution in [1.82, 2.24) is 0 Å². The molecule has 1 N–H and O–H groups in total. The molecule has 1 heterocycles. The van der Waals surface area contributed by atoms with Crippen LogP contribution < -0.4 is 0 Å². The second-order valence-corrected chi connectivity index (χ2v) is 4.87. The van der Waals surface area contributed by atoms with Crippen molar-refractivity contribution >= 4 is 37.4 Å². The van der Waals surface area contributed by atoms with E-state index in [9.17, 15) is 5.11 Å². The molecule has 1 nitrogen and oxygen atoms in total. The average molecular weight is 257 g/mol. The lowest BCUT2D eigenvalue weighted by atomic mass is 10.1. The lowest BCUT2D eigenvalue weighted by Crippen LogP contribution is -1.79. The zero-order valence-corrected chi connectivity index (χ0v) is 9.58. The predicted molar refractivity (Wildman–Crippen MR) is 60.6 cm³/mol. The van der Waals surface area contributed by atoms with E-state index in [4.69, 9.17) is 0 Å². The molecule has 0 aliphatic carbocycles. The van der Waals surface area contributed by atoms with Crippen LogP contribution >= 0.6 is 27.3 Å². The Balaban J connectivity index is 2.80. The molecule has 2 rings (SSSR count). The molecule has 2 aromatic rings. The Bertz CT molecular complexity index is 447. The normalized spacial score (nSPS) is 10.9. The molecule has 0 aliphatic rings. The number of benzene rings is 1. The molecule has 0 unspecified atom stereocenters. The van der Waals surface area contributed by atoms with Crippen molar-refractivity contribution in [1.29, 1.82) is 0 Å². The highest BCUT2D eigenvalue weighted by molar-refractivity contribution is 9.10. The number of halogens is 1. The summed E-state index contributed by atoms with van der Waals surface area (Å²) in [4.78, 5) is 0. The van der Waals surface area contributed by atoms with Crippen LogP contribution in [-0.2, 0) is 6.42 Å². The molecule has 0 fully saturated rings.